The molecule has 104 valence electrons. The molecule has 0 saturated heterocycles. The van der Waals surface area contributed by atoms with Gasteiger partial charge in [-0.2, -0.15) is 0 Å². The van der Waals surface area contributed by atoms with Crippen molar-refractivity contribution in [3.63, 3.8) is 0 Å². The molecular weight excluding hydrogens is 240 g/mol. The highest BCUT2D eigenvalue weighted by atomic mass is 16.3. The molecule has 0 aromatic heterocycles. The van der Waals surface area contributed by atoms with E-state index in [1.807, 2.05) is 38.1 Å². The first kappa shape index (κ1) is 13.9. The van der Waals surface area contributed by atoms with Crippen molar-refractivity contribution < 1.29 is 9.90 Å². The van der Waals surface area contributed by atoms with Crippen LogP contribution in [0.5, 0.6) is 0 Å². The zero-order valence-electron chi connectivity index (χ0n) is 11.5. The number of nitrogens with two attached hydrogens (primary N) is 1. The van der Waals surface area contributed by atoms with Gasteiger partial charge in [0.15, 0.2) is 0 Å². The standard InChI is InChI=1S/C15H22N2O2/c1-15(2)12(9-13(15)18)17-14(19)8-7-10-5-3-4-6-11(10)16/h3-6,12-13,18H,7-9,16H2,1-2H3,(H,17,19). The first-order valence-corrected chi connectivity index (χ1v) is 6.72. The highest BCUT2D eigenvalue weighted by molar-refractivity contribution is 5.77. The molecule has 0 aliphatic heterocycles. The van der Waals surface area contributed by atoms with Crippen LogP contribution < -0.4 is 11.1 Å². The van der Waals surface area contributed by atoms with Gasteiger partial charge in [-0.15, -0.1) is 0 Å². The Morgan fingerprint density at radius 3 is 2.74 bits per heavy atom. The number of hydrogen-bond donors (Lipinski definition) is 3. The highest BCUT2D eigenvalue weighted by Crippen LogP contribution is 2.40. The van der Waals surface area contributed by atoms with Crippen LogP contribution in [0.25, 0.3) is 0 Å². The molecule has 0 bridgehead atoms. The summed E-state index contributed by atoms with van der Waals surface area (Å²) in [5.41, 5.74) is 7.36. The maximum atomic E-state index is 11.9. The summed E-state index contributed by atoms with van der Waals surface area (Å²) in [5.74, 6) is 0.0215. The summed E-state index contributed by atoms with van der Waals surface area (Å²) >= 11 is 0. The summed E-state index contributed by atoms with van der Waals surface area (Å²) in [7, 11) is 0. The number of amides is 1. The van der Waals surface area contributed by atoms with E-state index < -0.39 is 0 Å². The zero-order valence-corrected chi connectivity index (χ0v) is 11.5. The van der Waals surface area contributed by atoms with Crippen molar-refractivity contribution in [1.82, 2.24) is 5.32 Å². The van der Waals surface area contributed by atoms with Crippen molar-refractivity contribution in [2.45, 2.75) is 45.3 Å². The molecule has 19 heavy (non-hydrogen) atoms. The molecule has 2 atom stereocenters. The molecule has 1 aromatic rings. The SMILES string of the molecule is CC1(C)C(O)CC1NC(=O)CCc1ccccc1N. The predicted octanol–water partition coefficient (Wildman–Crippen LogP) is 1.48. The second-order valence-electron chi connectivity index (χ2n) is 5.89. The maximum Gasteiger partial charge on any atom is 0.220 e. The van der Waals surface area contributed by atoms with Gasteiger partial charge < -0.3 is 16.2 Å². The van der Waals surface area contributed by atoms with E-state index in [1.54, 1.807) is 0 Å². The smallest absolute Gasteiger partial charge is 0.220 e. The number of anilines is 1. The molecule has 1 fully saturated rings. The second kappa shape index (κ2) is 5.21. The van der Waals surface area contributed by atoms with Gasteiger partial charge in [0.2, 0.25) is 5.91 Å². The number of aliphatic hydroxyl groups is 1. The summed E-state index contributed by atoms with van der Waals surface area (Å²) in [6.45, 7) is 3.95. The van der Waals surface area contributed by atoms with Gasteiger partial charge >= 0.3 is 0 Å². The molecule has 0 heterocycles. The molecule has 2 rings (SSSR count). The number of aliphatic hydroxyl groups excluding tert-OH is 1. The lowest BCUT2D eigenvalue weighted by atomic mass is 9.64. The Kier molecular flexibility index (Phi) is 3.80. The van der Waals surface area contributed by atoms with Crippen LogP contribution in [0, 0.1) is 5.41 Å². The van der Waals surface area contributed by atoms with Crippen molar-refractivity contribution in [1.29, 1.82) is 0 Å². The minimum absolute atomic E-state index is 0.0215. The minimum atomic E-state index is -0.317. The Labute approximate surface area is 114 Å². The number of nitrogen functional groups attached to an aromatic ring is 1. The number of nitrogens with one attached hydrogen (secondary N) is 1. The van der Waals surface area contributed by atoms with E-state index in [1.165, 1.54) is 0 Å². The first-order valence-electron chi connectivity index (χ1n) is 6.72. The van der Waals surface area contributed by atoms with Crippen molar-refractivity contribution in [3.05, 3.63) is 29.8 Å². The van der Waals surface area contributed by atoms with Gasteiger partial charge in [-0.25, -0.2) is 0 Å². The first-order chi connectivity index (χ1) is 8.91. The van der Waals surface area contributed by atoms with E-state index in [0.717, 1.165) is 11.3 Å². The van der Waals surface area contributed by atoms with Crippen molar-refractivity contribution in [2.75, 3.05) is 5.73 Å². The molecule has 4 nitrogen and oxygen atoms in total. The average molecular weight is 262 g/mol. The molecule has 1 aliphatic rings. The predicted molar refractivity (Wildman–Crippen MR) is 75.5 cm³/mol. The number of aryl methyl sites for hydroxylation is 1. The number of para-hydroxylation sites is 1. The number of rotatable bonds is 4. The van der Waals surface area contributed by atoms with Gasteiger partial charge in [0.1, 0.15) is 0 Å². The summed E-state index contributed by atoms with van der Waals surface area (Å²) in [6, 6.07) is 7.67. The third-order valence-corrected chi connectivity index (χ3v) is 4.23. The van der Waals surface area contributed by atoms with Crippen molar-refractivity contribution in [3.8, 4) is 0 Å². The van der Waals surface area contributed by atoms with Crippen LogP contribution in [0.1, 0.15) is 32.3 Å². The van der Waals surface area contributed by atoms with E-state index in [9.17, 15) is 9.90 Å². The van der Waals surface area contributed by atoms with Gasteiger partial charge in [-0.1, -0.05) is 32.0 Å². The number of carbonyl (C=O) groups excluding carboxylic acids is 1. The highest BCUT2D eigenvalue weighted by Gasteiger charge is 2.47. The Bertz CT molecular complexity index is 471. The molecule has 1 aliphatic carbocycles. The van der Waals surface area contributed by atoms with E-state index >= 15 is 0 Å². The monoisotopic (exact) mass is 262 g/mol. The van der Waals surface area contributed by atoms with Crippen LogP contribution in [-0.2, 0) is 11.2 Å². The van der Waals surface area contributed by atoms with Gasteiger partial charge in [0.05, 0.1) is 6.10 Å². The van der Waals surface area contributed by atoms with Gasteiger partial charge in [-0.3, -0.25) is 4.79 Å². The lowest BCUT2D eigenvalue weighted by molar-refractivity contribution is -0.129. The van der Waals surface area contributed by atoms with Crippen LogP contribution >= 0.6 is 0 Å². The summed E-state index contributed by atoms with van der Waals surface area (Å²) in [4.78, 5) is 11.9. The number of carbonyl (C=O) groups is 1. The van der Waals surface area contributed by atoms with Crippen LogP contribution in [-0.4, -0.2) is 23.2 Å². The van der Waals surface area contributed by atoms with E-state index in [-0.39, 0.29) is 23.5 Å². The van der Waals surface area contributed by atoms with Crippen molar-refractivity contribution in [2.24, 2.45) is 5.41 Å². The largest absolute Gasteiger partial charge is 0.399 e. The molecule has 0 radical (unpaired) electrons. The van der Waals surface area contributed by atoms with Gasteiger partial charge in [0, 0.05) is 23.6 Å². The van der Waals surface area contributed by atoms with Crippen LogP contribution in [0.3, 0.4) is 0 Å². The summed E-state index contributed by atoms with van der Waals surface area (Å²) < 4.78 is 0. The van der Waals surface area contributed by atoms with E-state index in [0.29, 0.717) is 19.3 Å². The van der Waals surface area contributed by atoms with Crippen molar-refractivity contribution >= 4 is 11.6 Å². The third kappa shape index (κ3) is 2.89. The fraction of sp³-hybridized carbons (Fsp3) is 0.533. The fourth-order valence-corrected chi connectivity index (χ4v) is 2.42. The van der Waals surface area contributed by atoms with Gasteiger partial charge in [0.25, 0.3) is 0 Å². The normalized spacial score (nSPS) is 24.6. The topological polar surface area (TPSA) is 75.3 Å². The molecule has 1 amide bonds. The van der Waals surface area contributed by atoms with Crippen LogP contribution in [0.4, 0.5) is 5.69 Å². The van der Waals surface area contributed by atoms with Gasteiger partial charge in [-0.05, 0) is 24.5 Å². The lowest BCUT2D eigenvalue weighted by Gasteiger charge is -2.49. The average Bonchev–Trinajstić information content (AvgIpc) is 2.37. The molecule has 4 N–H and O–H groups in total. The molecule has 4 heteroatoms. The molecule has 1 saturated carbocycles. The third-order valence-electron chi connectivity index (χ3n) is 4.23. The quantitative estimate of drug-likeness (QED) is 0.719. The Balaban J connectivity index is 1.82. The number of hydrogen-bond acceptors (Lipinski definition) is 3. The Morgan fingerprint density at radius 2 is 2.16 bits per heavy atom. The lowest BCUT2D eigenvalue weighted by Crippen LogP contribution is -2.61. The number of benzene rings is 1. The Hall–Kier alpha value is -1.55. The zero-order chi connectivity index (χ0) is 14.0. The minimum Gasteiger partial charge on any atom is -0.399 e. The molecular formula is C15H22N2O2. The summed E-state index contributed by atoms with van der Waals surface area (Å²) in [6.07, 6.45) is 1.40. The molecule has 0 spiro atoms. The maximum absolute atomic E-state index is 11.9. The van der Waals surface area contributed by atoms with Crippen LogP contribution in [0.2, 0.25) is 0 Å². The van der Waals surface area contributed by atoms with Crippen LogP contribution in [0.15, 0.2) is 24.3 Å². The molecule has 1 aromatic carbocycles. The fourth-order valence-electron chi connectivity index (χ4n) is 2.42. The van der Waals surface area contributed by atoms with E-state index in [4.69, 9.17) is 5.73 Å². The molecule has 2 unspecified atom stereocenters. The summed E-state index contributed by atoms with van der Waals surface area (Å²) in [5, 5.41) is 12.6. The Morgan fingerprint density at radius 1 is 1.47 bits per heavy atom. The second-order valence-corrected chi connectivity index (χ2v) is 5.89. The van der Waals surface area contributed by atoms with E-state index in [2.05, 4.69) is 5.32 Å².